The van der Waals surface area contributed by atoms with Crippen LogP contribution in [-0.2, 0) is 11.3 Å². The number of anilines is 1. The fourth-order valence-electron chi connectivity index (χ4n) is 4.16. The van der Waals surface area contributed by atoms with Crippen LogP contribution in [-0.4, -0.2) is 35.4 Å². The molecule has 1 atom stereocenters. The Morgan fingerprint density at radius 3 is 2.51 bits per heavy atom. The van der Waals surface area contributed by atoms with Crippen LogP contribution in [0.2, 0.25) is 0 Å². The highest BCUT2D eigenvalue weighted by molar-refractivity contribution is 5.99. The van der Waals surface area contributed by atoms with Gasteiger partial charge in [0.15, 0.2) is 11.5 Å². The summed E-state index contributed by atoms with van der Waals surface area (Å²) in [6.07, 6.45) is -0.0200. The van der Waals surface area contributed by atoms with E-state index >= 15 is 0 Å². The lowest BCUT2D eigenvalue weighted by Gasteiger charge is -2.28. The fraction of sp³-hybridized carbons (Fsp3) is 0.231. The van der Waals surface area contributed by atoms with Crippen LogP contribution in [0.15, 0.2) is 66.7 Å². The molecule has 35 heavy (non-hydrogen) atoms. The van der Waals surface area contributed by atoms with E-state index in [1.807, 2.05) is 31.2 Å². The van der Waals surface area contributed by atoms with Crippen molar-refractivity contribution >= 4 is 23.2 Å². The zero-order chi connectivity index (χ0) is 24.9. The Kier molecular flexibility index (Phi) is 6.96. The molecule has 2 amide bonds. The number of rotatable bonds is 9. The number of nitrogens with zero attached hydrogens (tertiary/aromatic N) is 2. The lowest BCUT2D eigenvalue weighted by Crippen LogP contribution is -2.32. The summed E-state index contributed by atoms with van der Waals surface area (Å²) in [5.74, 6) is 0.597. The largest absolute Gasteiger partial charge is 0.493 e. The Morgan fingerprint density at radius 1 is 1.11 bits per heavy atom. The third-order valence-electron chi connectivity index (χ3n) is 5.84. The van der Waals surface area contributed by atoms with Crippen molar-refractivity contribution in [3.05, 3.63) is 93.5 Å². The van der Waals surface area contributed by atoms with Crippen LogP contribution >= 0.6 is 0 Å². The number of fused-ring (bicyclic) bond motifs is 1. The Balaban J connectivity index is 1.62. The van der Waals surface area contributed by atoms with Crippen LogP contribution in [0.3, 0.4) is 0 Å². The first-order valence-corrected chi connectivity index (χ1v) is 11.1. The number of ether oxygens (including phenoxy) is 2. The second kappa shape index (κ2) is 10.3. The number of carbonyl (C=O) groups excluding carboxylic acids is 2. The number of benzene rings is 3. The predicted octanol–water partition coefficient (Wildman–Crippen LogP) is 4.73. The van der Waals surface area contributed by atoms with E-state index in [-0.39, 0.29) is 23.9 Å². The van der Waals surface area contributed by atoms with Crippen LogP contribution in [0, 0.1) is 10.1 Å². The quantitative estimate of drug-likeness (QED) is 0.354. The number of non-ortho nitro benzene ring substituents is 1. The highest BCUT2D eigenvalue weighted by atomic mass is 16.6. The van der Waals surface area contributed by atoms with E-state index in [1.165, 1.54) is 31.4 Å². The molecule has 0 bridgehead atoms. The van der Waals surface area contributed by atoms with Gasteiger partial charge >= 0.3 is 0 Å². The number of nitrogens with one attached hydrogen (secondary N) is 1. The number of hydrogen-bond donors (Lipinski definition) is 1. The highest BCUT2D eigenvalue weighted by Crippen LogP contribution is 2.37. The predicted molar refractivity (Wildman–Crippen MR) is 130 cm³/mol. The van der Waals surface area contributed by atoms with E-state index < -0.39 is 11.0 Å². The van der Waals surface area contributed by atoms with Crippen molar-refractivity contribution in [2.75, 3.05) is 19.0 Å². The molecule has 4 rings (SSSR count). The van der Waals surface area contributed by atoms with E-state index in [9.17, 15) is 19.7 Å². The molecule has 3 aromatic carbocycles. The molecular formula is C26H25N3O6. The fourth-order valence-corrected chi connectivity index (χ4v) is 4.16. The van der Waals surface area contributed by atoms with E-state index in [1.54, 1.807) is 23.1 Å². The third-order valence-corrected chi connectivity index (χ3v) is 5.84. The second-order valence-corrected chi connectivity index (χ2v) is 8.01. The van der Waals surface area contributed by atoms with Crippen molar-refractivity contribution in [3.63, 3.8) is 0 Å². The van der Waals surface area contributed by atoms with Gasteiger partial charge in [0.05, 0.1) is 31.1 Å². The van der Waals surface area contributed by atoms with Gasteiger partial charge in [-0.1, -0.05) is 24.3 Å². The minimum Gasteiger partial charge on any atom is -0.493 e. The van der Waals surface area contributed by atoms with Gasteiger partial charge in [0, 0.05) is 29.9 Å². The Hall–Kier alpha value is -4.40. The van der Waals surface area contributed by atoms with Crippen LogP contribution in [0.25, 0.3) is 0 Å². The van der Waals surface area contributed by atoms with E-state index in [4.69, 9.17) is 9.47 Å². The molecule has 0 saturated heterocycles. The molecule has 9 heteroatoms. The molecule has 0 unspecified atom stereocenters. The maximum Gasteiger partial charge on any atom is 0.269 e. The average molecular weight is 476 g/mol. The summed E-state index contributed by atoms with van der Waals surface area (Å²) in [6.45, 7) is 2.72. The normalized spacial score (nSPS) is 13.2. The summed E-state index contributed by atoms with van der Waals surface area (Å²) in [5, 5.41) is 13.7. The number of methoxy groups -OCH3 is 1. The highest BCUT2D eigenvalue weighted by Gasteiger charge is 2.35. The Bertz CT molecular complexity index is 1260. The second-order valence-electron chi connectivity index (χ2n) is 8.01. The molecule has 9 nitrogen and oxygen atoms in total. The summed E-state index contributed by atoms with van der Waals surface area (Å²) < 4.78 is 11.1. The molecule has 1 N–H and O–H groups in total. The van der Waals surface area contributed by atoms with Crippen molar-refractivity contribution < 1.29 is 24.0 Å². The van der Waals surface area contributed by atoms with Gasteiger partial charge in [0.2, 0.25) is 5.91 Å². The van der Waals surface area contributed by atoms with Crippen molar-refractivity contribution in [1.82, 2.24) is 4.90 Å². The molecule has 0 aliphatic carbocycles. The summed E-state index contributed by atoms with van der Waals surface area (Å²) in [7, 11) is 1.54. The Labute approximate surface area is 202 Å². The Morgan fingerprint density at radius 2 is 1.86 bits per heavy atom. The molecule has 3 aromatic rings. The molecule has 0 saturated carbocycles. The topological polar surface area (TPSA) is 111 Å². The first-order chi connectivity index (χ1) is 16.9. The molecule has 0 spiro atoms. The molecule has 0 aromatic heterocycles. The van der Waals surface area contributed by atoms with Gasteiger partial charge in [0.25, 0.3) is 11.6 Å². The van der Waals surface area contributed by atoms with Gasteiger partial charge in [-0.2, -0.15) is 0 Å². The van der Waals surface area contributed by atoms with Crippen molar-refractivity contribution in [2.45, 2.75) is 25.9 Å². The maximum atomic E-state index is 13.3. The van der Waals surface area contributed by atoms with E-state index in [0.717, 1.165) is 11.1 Å². The minimum absolute atomic E-state index is 0.0200. The van der Waals surface area contributed by atoms with E-state index in [0.29, 0.717) is 35.9 Å². The van der Waals surface area contributed by atoms with Gasteiger partial charge < -0.3 is 19.7 Å². The van der Waals surface area contributed by atoms with Crippen LogP contribution in [0.1, 0.15) is 40.9 Å². The zero-order valence-corrected chi connectivity index (χ0v) is 19.4. The van der Waals surface area contributed by atoms with Crippen molar-refractivity contribution in [2.24, 2.45) is 0 Å². The smallest absolute Gasteiger partial charge is 0.269 e. The summed E-state index contributed by atoms with van der Waals surface area (Å²) >= 11 is 0. The molecule has 0 radical (unpaired) electrons. The average Bonchev–Trinajstić information content (AvgIpc) is 3.19. The molecule has 180 valence electrons. The lowest BCUT2D eigenvalue weighted by molar-refractivity contribution is -0.384. The number of amides is 2. The monoisotopic (exact) mass is 475 g/mol. The zero-order valence-electron chi connectivity index (χ0n) is 19.4. The van der Waals surface area contributed by atoms with Gasteiger partial charge in [0.1, 0.15) is 0 Å². The lowest BCUT2D eigenvalue weighted by atomic mass is 10.0. The van der Waals surface area contributed by atoms with Crippen LogP contribution < -0.4 is 14.8 Å². The summed E-state index contributed by atoms with van der Waals surface area (Å²) in [6, 6.07) is 17.8. The molecular weight excluding hydrogens is 450 g/mol. The first kappa shape index (κ1) is 23.7. The third kappa shape index (κ3) is 5.08. The van der Waals surface area contributed by atoms with Gasteiger partial charge in [-0.15, -0.1) is 0 Å². The van der Waals surface area contributed by atoms with Gasteiger partial charge in [-0.05, 0) is 48.4 Å². The first-order valence-electron chi connectivity index (χ1n) is 11.1. The summed E-state index contributed by atoms with van der Waals surface area (Å²) in [5.41, 5.74) is 2.61. The van der Waals surface area contributed by atoms with Gasteiger partial charge in [-0.25, -0.2) is 0 Å². The van der Waals surface area contributed by atoms with Crippen LogP contribution in [0.5, 0.6) is 11.5 Å². The molecule has 0 fully saturated rings. The number of hydrogen-bond acceptors (Lipinski definition) is 6. The van der Waals surface area contributed by atoms with Gasteiger partial charge in [-0.3, -0.25) is 19.7 Å². The number of carbonyl (C=O) groups is 2. The minimum atomic E-state index is -0.572. The van der Waals surface area contributed by atoms with Crippen molar-refractivity contribution in [3.8, 4) is 11.5 Å². The van der Waals surface area contributed by atoms with Crippen LogP contribution in [0.4, 0.5) is 11.4 Å². The standard InChI is InChI=1S/C26H25N3O6/c1-3-35-23-13-8-17(14-24(23)34-2)22(28-16-18-6-4-5-7-21(18)26(28)31)15-25(30)27-19-9-11-20(12-10-19)29(32)33/h4-14,22H,3,15-16H2,1-2H3,(H,27,30)/t22-/m1/s1. The number of nitro benzene ring substituents is 1. The van der Waals surface area contributed by atoms with Crippen molar-refractivity contribution in [1.29, 1.82) is 0 Å². The number of nitro groups is 1. The maximum absolute atomic E-state index is 13.3. The van der Waals surface area contributed by atoms with E-state index in [2.05, 4.69) is 5.32 Å². The SMILES string of the molecule is CCOc1ccc([C@@H](CC(=O)Nc2ccc([N+](=O)[O-])cc2)N2Cc3ccccc3C2=O)cc1OC. The molecule has 1 aliphatic rings. The molecule has 1 aliphatic heterocycles. The molecule has 1 heterocycles. The summed E-state index contributed by atoms with van der Waals surface area (Å²) in [4.78, 5) is 38.3.